The summed E-state index contributed by atoms with van der Waals surface area (Å²) in [6, 6.07) is 11.9. The number of hydrogen-bond acceptors (Lipinski definition) is 5. The molecule has 8 heteroatoms. The molecule has 0 radical (unpaired) electrons. The zero-order valence-electron chi connectivity index (χ0n) is 16.3. The van der Waals surface area contributed by atoms with Gasteiger partial charge in [-0.05, 0) is 37.3 Å². The summed E-state index contributed by atoms with van der Waals surface area (Å²) >= 11 is 7.34. The van der Waals surface area contributed by atoms with Crippen molar-refractivity contribution >= 4 is 40.3 Å². The highest BCUT2D eigenvalue weighted by atomic mass is 35.5. The number of nitrogens with zero attached hydrogens (tertiary/aromatic N) is 3. The van der Waals surface area contributed by atoms with Gasteiger partial charge in [0, 0.05) is 47.7 Å². The predicted octanol–water partition coefficient (Wildman–Crippen LogP) is 4.77. The summed E-state index contributed by atoms with van der Waals surface area (Å²) in [5, 5.41) is 3.18. The van der Waals surface area contributed by atoms with Crippen molar-refractivity contribution in [3.05, 3.63) is 69.9 Å². The van der Waals surface area contributed by atoms with Crippen molar-refractivity contribution in [1.82, 2.24) is 9.88 Å². The van der Waals surface area contributed by atoms with E-state index in [-0.39, 0.29) is 11.7 Å². The topological polar surface area (TPSA) is 53.5 Å². The minimum atomic E-state index is -0.422. The second kappa shape index (κ2) is 8.53. The van der Waals surface area contributed by atoms with Crippen LogP contribution in [0.25, 0.3) is 10.6 Å². The first-order valence-corrected chi connectivity index (χ1v) is 10.7. The van der Waals surface area contributed by atoms with Gasteiger partial charge in [-0.15, -0.1) is 11.3 Å². The fourth-order valence-corrected chi connectivity index (χ4v) is 4.32. The van der Waals surface area contributed by atoms with Gasteiger partial charge >= 0.3 is 0 Å². The summed E-state index contributed by atoms with van der Waals surface area (Å²) in [6.45, 7) is 3.38. The van der Waals surface area contributed by atoms with Gasteiger partial charge in [-0.2, -0.15) is 0 Å². The van der Waals surface area contributed by atoms with Crippen LogP contribution in [0.2, 0.25) is 5.02 Å². The lowest BCUT2D eigenvalue weighted by atomic mass is 10.1. The van der Waals surface area contributed by atoms with Gasteiger partial charge in [-0.3, -0.25) is 9.59 Å². The summed E-state index contributed by atoms with van der Waals surface area (Å²) in [5.41, 5.74) is 2.13. The third-order valence-electron chi connectivity index (χ3n) is 5.08. The van der Waals surface area contributed by atoms with E-state index in [0.29, 0.717) is 48.1 Å². The lowest BCUT2D eigenvalue weighted by Gasteiger charge is -2.36. The second-order valence-electron chi connectivity index (χ2n) is 7.05. The molecule has 0 spiro atoms. The monoisotopic (exact) mass is 443 g/mol. The molecule has 5 nitrogen and oxygen atoms in total. The van der Waals surface area contributed by atoms with Crippen LogP contribution in [0.1, 0.15) is 27.8 Å². The lowest BCUT2D eigenvalue weighted by Crippen LogP contribution is -2.49. The highest BCUT2D eigenvalue weighted by Gasteiger charge is 2.25. The van der Waals surface area contributed by atoms with Gasteiger partial charge in [-0.1, -0.05) is 23.7 Å². The number of halogens is 2. The van der Waals surface area contributed by atoms with E-state index >= 15 is 0 Å². The van der Waals surface area contributed by atoms with E-state index in [1.807, 2.05) is 17.0 Å². The molecule has 1 aliphatic heterocycles. The Morgan fingerprint density at radius 3 is 2.40 bits per heavy atom. The predicted molar refractivity (Wildman–Crippen MR) is 117 cm³/mol. The standard InChI is InChI=1S/C22H19ClFN3O2S/c1-14(28)16-4-7-20(18(24)12-16)26-8-10-27(11-9-26)22(29)19-13-30-21(25-19)15-2-5-17(23)6-3-15/h2-7,12-13H,8-11H2,1H3. The van der Waals surface area contributed by atoms with E-state index < -0.39 is 5.82 Å². The number of thiazole rings is 1. The number of ketones is 1. The molecule has 1 saturated heterocycles. The van der Waals surface area contributed by atoms with Crippen LogP contribution in [0, 0.1) is 5.82 Å². The zero-order valence-corrected chi connectivity index (χ0v) is 17.8. The Kier molecular flexibility index (Phi) is 5.83. The molecule has 0 aliphatic carbocycles. The van der Waals surface area contributed by atoms with Gasteiger partial charge in [0.2, 0.25) is 0 Å². The quantitative estimate of drug-likeness (QED) is 0.545. The number of anilines is 1. The van der Waals surface area contributed by atoms with Crippen LogP contribution in [0.3, 0.4) is 0 Å². The summed E-state index contributed by atoms with van der Waals surface area (Å²) in [4.78, 5) is 32.4. The van der Waals surface area contributed by atoms with Gasteiger partial charge in [0.1, 0.15) is 16.5 Å². The molecule has 0 atom stereocenters. The van der Waals surface area contributed by atoms with E-state index in [4.69, 9.17) is 11.6 Å². The fourth-order valence-electron chi connectivity index (χ4n) is 3.39. The molecular weight excluding hydrogens is 425 g/mol. The maximum Gasteiger partial charge on any atom is 0.273 e. The average Bonchev–Trinajstić information content (AvgIpc) is 3.24. The van der Waals surface area contributed by atoms with Crippen LogP contribution >= 0.6 is 22.9 Å². The van der Waals surface area contributed by atoms with Gasteiger partial charge in [-0.25, -0.2) is 9.37 Å². The largest absolute Gasteiger partial charge is 0.366 e. The number of carbonyl (C=O) groups excluding carboxylic acids is 2. The molecule has 3 aromatic rings. The summed E-state index contributed by atoms with van der Waals surface area (Å²) in [5.74, 6) is -0.717. The minimum Gasteiger partial charge on any atom is -0.366 e. The highest BCUT2D eigenvalue weighted by Crippen LogP contribution is 2.26. The first kappa shape index (κ1) is 20.5. The van der Waals surface area contributed by atoms with Crippen LogP contribution in [0.4, 0.5) is 10.1 Å². The molecule has 1 aliphatic rings. The lowest BCUT2D eigenvalue weighted by molar-refractivity contribution is 0.0741. The van der Waals surface area contributed by atoms with Gasteiger partial charge in [0.15, 0.2) is 5.78 Å². The van der Waals surface area contributed by atoms with Crippen LogP contribution in [0.5, 0.6) is 0 Å². The van der Waals surface area contributed by atoms with Crippen molar-refractivity contribution in [2.75, 3.05) is 31.1 Å². The van der Waals surface area contributed by atoms with E-state index in [0.717, 1.165) is 10.6 Å². The Morgan fingerprint density at radius 1 is 1.07 bits per heavy atom. The first-order chi connectivity index (χ1) is 14.4. The number of Topliss-reactive ketones (excluding diaryl/α,β-unsaturated/α-hetero) is 1. The third kappa shape index (κ3) is 4.22. The number of carbonyl (C=O) groups is 2. The molecule has 2 aromatic carbocycles. The molecule has 1 aromatic heterocycles. The van der Waals surface area contributed by atoms with Crippen molar-refractivity contribution in [3.8, 4) is 10.6 Å². The number of piperazine rings is 1. The number of benzene rings is 2. The molecular formula is C22H19ClFN3O2S. The number of hydrogen-bond donors (Lipinski definition) is 0. The van der Waals surface area contributed by atoms with Gasteiger partial charge < -0.3 is 9.80 Å². The molecule has 0 unspecified atom stereocenters. The number of aromatic nitrogens is 1. The molecule has 1 fully saturated rings. The number of rotatable bonds is 4. The Morgan fingerprint density at radius 2 is 1.77 bits per heavy atom. The van der Waals surface area contributed by atoms with Crippen LogP contribution in [-0.2, 0) is 0 Å². The second-order valence-corrected chi connectivity index (χ2v) is 8.34. The summed E-state index contributed by atoms with van der Waals surface area (Å²) in [7, 11) is 0. The minimum absolute atomic E-state index is 0.126. The van der Waals surface area contributed by atoms with Crippen molar-refractivity contribution in [2.24, 2.45) is 0 Å². The van der Waals surface area contributed by atoms with Crippen LogP contribution in [-0.4, -0.2) is 47.8 Å². The average molecular weight is 444 g/mol. The number of amides is 1. The Bertz CT molecular complexity index is 1090. The first-order valence-electron chi connectivity index (χ1n) is 9.48. The maximum atomic E-state index is 14.4. The van der Waals surface area contributed by atoms with Gasteiger partial charge in [0.05, 0.1) is 5.69 Å². The van der Waals surface area contributed by atoms with Gasteiger partial charge in [0.25, 0.3) is 5.91 Å². The summed E-state index contributed by atoms with van der Waals surface area (Å²) < 4.78 is 14.4. The van der Waals surface area contributed by atoms with Crippen LogP contribution < -0.4 is 4.90 Å². The molecule has 4 rings (SSSR count). The van der Waals surface area contributed by atoms with Crippen molar-refractivity contribution in [2.45, 2.75) is 6.92 Å². The van der Waals surface area contributed by atoms with Crippen LogP contribution in [0.15, 0.2) is 47.8 Å². The van der Waals surface area contributed by atoms with E-state index in [1.165, 1.54) is 24.3 Å². The molecule has 30 heavy (non-hydrogen) atoms. The molecule has 154 valence electrons. The molecule has 2 heterocycles. The van der Waals surface area contributed by atoms with E-state index in [9.17, 15) is 14.0 Å². The summed E-state index contributed by atoms with van der Waals surface area (Å²) in [6.07, 6.45) is 0. The smallest absolute Gasteiger partial charge is 0.273 e. The molecule has 1 amide bonds. The van der Waals surface area contributed by atoms with E-state index in [1.54, 1.807) is 34.5 Å². The molecule has 0 N–H and O–H groups in total. The van der Waals surface area contributed by atoms with Crippen molar-refractivity contribution < 1.29 is 14.0 Å². The normalized spacial score (nSPS) is 14.1. The Labute approximate surface area is 182 Å². The van der Waals surface area contributed by atoms with Crippen molar-refractivity contribution in [3.63, 3.8) is 0 Å². The Hall–Kier alpha value is -2.77. The fraction of sp³-hybridized carbons (Fsp3) is 0.227. The highest BCUT2D eigenvalue weighted by molar-refractivity contribution is 7.13. The van der Waals surface area contributed by atoms with Crippen molar-refractivity contribution in [1.29, 1.82) is 0 Å². The molecule has 0 bridgehead atoms. The zero-order chi connectivity index (χ0) is 21.3. The maximum absolute atomic E-state index is 14.4. The van der Waals surface area contributed by atoms with E-state index in [2.05, 4.69) is 4.98 Å². The molecule has 0 saturated carbocycles. The SMILES string of the molecule is CC(=O)c1ccc(N2CCN(C(=O)c3csc(-c4ccc(Cl)cc4)n3)CC2)c(F)c1. The Balaban J connectivity index is 1.41. The third-order valence-corrected chi connectivity index (χ3v) is 6.22.